The lowest BCUT2D eigenvalue weighted by atomic mass is 9.99. The van der Waals surface area contributed by atoms with Crippen molar-refractivity contribution < 1.29 is 17.2 Å². The molecule has 0 amide bonds. The summed E-state index contributed by atoms with van der Waals surface area (Å²) in [6.45, 7) is 0. The summed E-state index contributed by atoms with van der Waals surface area (Å²) in [5.41, 5.74) is 2.73. The normalized spacial score (nSPS) is 11.2. The minimum absolute atomic E-state index is 0.152. The van der Waals surface area contributed by atoms with Crippen molar-refractivity contribution in [3.8, 4) is 28.3 Å². The Bertz CT molecular complexity index is 1160. The number of nitrogens with zero attached hydrogens (tertiary/aromatic N) is 1. The summed E-state index contributed by atoms with van der Waals surface area (Å²) in [6.07, 6.45) is 0. The average Bonchev–Trinajstić information content (AvgIpc) is 2.60. The third kappa shape index (κ3) is 3.85. The second kappa shape index (κ2) is 7.12. The Morgan fingerprint density at radius 3 is 1.93 bits per heavy atom. The molecule has 0 aliphatic carbocycles. The molecule has 0 unspecified atom stereocenters. The molecule has 0 aromatic heterocycles. The lowest BCUT2D eigenvalue weighted by molar-refractivity contribution is 0.520. The third-order valence-electron chi connectivity index (χ3n) is 3.94. The van der Waals surface area contributed by atoms with Crippen LogP contribution < -0.4 is 5.14 Å². The van der Waals surface area contributed by atoms with Crippen LogP contribution in [0, 0.1) is 23.0 Å². The minimum atomic E-state index is -4.51. The molecule has 0 spiro atoms. The molecule has 0 aliphatic rings. The van der Waals surface area contributed by atoms with Gasteiger partial charge in [-0.2, -0.15) is 5.26 Å². The Morgan fingerprint density at radius 1 is 0.889 bits per heavy atom. The molecule has 0 saturated carbocycles. The van der Waals surface area contributed by atoms with E-state index in [1.165, 1.54) is 0 Å². The fourth-order valence-corrected chi connectivity index (χ4v) is 3.68. The van der Waals surface area contributed by atoms with Gasteiger partial charge >= 0.3 is 0 Å². The summed E-state index contributed by atoms with van der Waals surface area (Å²) in [5, 5.41) is 13.7. The summed E-state index contributed by atoms with van der Waals surface area (Å²) >= 11 is 4.43. The third-order valence-corrected chi connectivity index (χ3v) is 5.27. The number of nitriles is 1. The van der Waals surface area contributed by atoms with Crippen molar-refractivity contribution >= 4 is 22.7 Å². The van der Waals surface area contributed by atoms with E-state index in [1.807, 2.05) is 6.07 Å². The van der Waals surface area contributed by atoms with Gasteiger partial charge in [-0.1, -0.05) is 24.3 Å². The van der Waals surface area contributed by atoms with Crippen LogP contribution in [0.5, 0.6) is 0 Å². The molecule has 0 atom stereocenters. The lowest BCUT2D eigenvalue weighted by Crippen LogP contribution is -2.16. The largest absolute Gasteiger partial charge is 0.243 e. The van der Waals surface area contributed by atoms with E-state index < -0.39 is 26.6 Å². The topological polar surface area (TPSA) is 83.9 Å². The van der Waals surface area contributed by atoms with E-state index in [1.54, 1.807) is 42.5 Å². The van der Waals surface area contributed by atoms with Gasteiger partial charge in [0.05, 0.1) is 11.6 Å². The standard InChI is InChI=1S/C19H12F2N2O2S2/c20-16-7-14(8-17(21)19(16)27(23,24)25)13-5-6-15(18(26)9-13)12-3-1-11(10-22)2-4-12/h1-9,26H,(H2,23,24,25). The fraction of sp³-hybridized carbons (Fsp3) is 0. The van der Waals surface area contributed by atoms with Gasteiger partial charge in [-0.15, -0.1) is 12.6 Å². The van der Waals surface area contributed by atoms with Crippen molar-refractivity contribution in [2.75, 3.05) is 0 Å². The van der Waals surface area contributed by atoms with E-state index in [-0.39, 0.29) is 5.56 Å². The van der Waals surface area contributed by atoms with Crippen LogP contribution in [-0.4, -0.2) is 8.42 Å². The van der Waals surface area contributed by atoms with Crippen LogP contribution in [0.3, 0.4) is 0 Å². The van der Waals surface area contributed by atoms with Crippen molar-refractivity contribution in [3.05, 3.63) is 71.8 Å². The van der Waals surface area contributed by atoms with E-state index in [9.17, 15) is 17.2 Å². The van der Waals surface area contributed by atoms with Crippen molar-refractivity contribution in [2.24, 2.45) is 5.14 Å². The summed E-state index contributed by atoms with van der Waals surface area (Å²) in [7, 11) is -4.51. The molecular weight excluding hydrogens is 390 g/mol. The van der Waals surface area contributed by atoms with Crippen LogP contribution >= 0.6 is 12.6 Å². The molecular formula is C19H12F2N2O2S2. The SMILES string of the molecule is N#Cc1ccc(-c2ccc(-c3cc(F)c(S(N)(=O)=O)c(F)c3)cc2S)cc1. The molecule has 136 valence electrons. The molecule has 0 fully saturated rings. The van der Waals surface area contributed by atoms with Crippen LogP contribution in [0.15, 0.2) is 64.4 Å². The van der Waals surface area contributed by atoms with Crippen LogP contribution in [0.25, 0.3) is 22.3 Å². The number of sulfonamides is 1. The van der Waals surface area contributed by atoms with Gasteiger partial charge in [0.15, 0.2) is 4.90 Å². The highest BCUT2D eigenvalue weighted by atomic mass is 32.2. The molecule has 0 radical (unpaired) electrons. The smallest absolute Gasteiger partial charge is 0.224 e. The van der Waals surface area contributed by atoms with Gasteiger partial charge in [-0.05, 0) is 52.6 Å². The zero-order chi connectivity index (χ0) is 19.8. The molecule has 0 aliphatic heterocycles. The van der Waals surface area contributed by atoms with Crippen molar-refractivity contribution in [3.63, 3.8) is 0 Å². The maximum atomic E-state index is 14.1. The van der Waals surface area contributed by atoms with Crippen LogP contribution in [-0.2, 0) is 10.0 Å². The maximum Gasteiger partial charge on any atom is 0.243 e. The molecule has 3 aromatic carbocycles. The highest BCUT2D eigenvalue weighted by Gasteiger charge is 2.21. The zero-order valence-corrected chi connectivity index (χ0v) is 15.4. The van der Waals surface area contributed by atoms with Crippen LogP contribution in [0.1, 0.15) is 5.56 Å². The minimum Gasteiger partial charge on any atom is -0.224 e. The number of benzene rings is 3. The van der Waals surface area contributed by atoms with Crippen LogP contribution in [0.4, 0.5) is 8.78 Å². The second-order valence-electron chi connectivity index (χ2n) is 5.74. The first-order valence-corrected chi connectivity index (χ1v) is 9.56. The number of primary sulfonamides is 1. The summed E-state index contributed by atoms with van der Waals surface area (Å²) in [4.78, 5) is -0.611. The Hall–Kier alpha value is -2.73. The lowest BCUT2D eigenvalue weighted by Gasteiger charge is -2.10. The summed E-state index contributed by atoms with van der Waals surface area (Å²) in [6, 6.07) is 15.7. The van der Waals surface area contributed by atoms with E-state index in [2.05, 4.69) is 12.6 Å². The number of halogens is 2. The van der Waals surface area contributed by atoms with E-state index in [0.717, 1.165) is 23.3 Å². The molecule has 3 aromatic rings. The Labute approximate surface area is 160 Å². The Kier molecular flexibility index (Phi) is 5.02. The second-order valence-corrected chi connectivity index (χ2v) is 7.72. The van der Waals surface area contributed by atoms with Gasteiger partial charge in [-0.3, -0.25) is 0 Å². The van der Waals surface area contributed by atoms with E-state index in [0.29, 0.717) is 16.0 Å². The van der Waals surface area contributed by atoms with Crippen molar-refractivity contribution in [2.45, 2.75) is 9.79 Å². The number of rotatable bonds is 3. The number of hydrogen-bond acceptors (Lipinski definition) is 4. The number of hydrogen-bond donors (Lipinski definition) is 2. The van der Waals surface area contributed by atoms with Gasteiger partial charge in [0.25, 0.3) is 0 Å². The molecule has 3 rings (SSSR count). The van der Waals surface area contributed by atoms with Crippen LogP contribution in [0.2, 0.25) is 0 Å². The molecule has 0 heterocycles. The highest BCUT2D eigenvalue weighted by molar-refractivity contribution is 7.89. The van der Waals surface area contributed by atoms with Gasteiger partial charge in [-0.25, -0.2) is 22.3 Å². The predicted octanol–water partition coefficient (Wildman–Crippen LogP) is 4.11. The van der Waals surface area contributed by atoms with E-state index in [4.69, 9.17) is 10.4 Å². The highest BCUT2D eigenvalue weighted by Crippen LogP contribution is 2.33. The maximum absolute atomic E-state index is 14.1. The van der Waals surface area contributed by atoms with Gasteiger partial charge < -0.3 is 0 Å². The molecule has 27 heavy (non-hydrogen) atoms. The average molecular weight is 402 g/mol. The first-order valence-electron chi connectivity index (χ1n) is 7.56. The fourth-order valence-electron chi connectivity index (χ4n) is 2.68. The molecule has 0 bridgehead atoms. The Morgan fingerprint density at radius 2 is 1.44 bits per heavy atom. The van der Waals surface area contributed by atoms with Gasteiger partial charge in [0, 0.05) is 4.90 Å². The molecule has 4 nitrogen and oxygen atoms in total. The summed E-state index contributed by atoms with van der Waals surface area (Å²) < 4.78 is 50.7. The first-order chi connectivity index (χ1) is 12.7. The monoisotopic (exact) mass is 402 g/mol. The Balaban J connectivity index is 2.04. The molecule has 2 N–H and O–H groups in total. The van der Waals surface area contributed by atoms with Crippen molar-refractivity contribution in [1.29, 1.82) is 5.26 Å². The molecule has 8 heteroatoms. The molecule has 0 saturated heterocycles. The number of thiol groups is 1. The number of nitrogens with two attached hydrogens (primary N) is 1. The summed E-state index contributed by atoms with van der Waals surface area (Å²) in [5.74, 6) is -2.52. The first kappa shape index (κ1) is 19.0. The van der Waals surface area contributed by atoms with Gasteiger partial charge in [0.1, 0.15) is 11.6 Å². The quantitative estimate of drug-likeness (QED) is 0.647. The van der Waals surface area contributed by atoms with Crippen molar-refractivity contribution in [1.82, 2.24) is 0 Å². The predicted molar refractivity (Wildman–Crippen MR) is 101 cm³/mol. The van der Waals surface area contributed by atoms with Gasteiger partial charge in [0.2, 0.25) is 10.0 Å². The van der Waals surface area contributed by atoms with E-state index >= 15 is 0 Å². The zero-order valence-electron chi connectivity index (χ0n) is 13.6.